The van der Waals surface area contributed by atoms with Gasteiger partial charge in [-0.15, -0.1) is 0 Å². The Labute approximate surface area is 91.4 Å². The van der Waals surface area contributed by atoms with Crippen LogP contribution in [0.4, 0.5) is 0 Å². The fraction of sp³-hybridized carbons (Fsp3) is 0. The molecule has 1 aromatic heterocycles. The molecule has 0 spiro atoms. The number of hydrogen-bond acceptors (Lipinski definition) is 3. The summed E-state index contributed by atoms with van der Waals surface area (Å²) in [5.74, 6) is -1.03. The summed E-state index contributed by atoms with van der Waals surface area (Å²) in [6, 6.07) is 9.39. The summed E-state index contributed by atoms with van der Waals surface area (Å²) in [6.45, 7) is 0. The van der Waals surface area contributed by atoms with E-state index < -0.39 is 11.6 Å². The van der Waals surface area contributed by atoms with Gasteiger partial charge >= 0.3 is 0 Å². The zero-order valence-corrected chi connectivity index (χ0v) is 8.31. The van der Waals surface area contributed by atoms with Crippen molar-refractivity contribution in [3.05, 3.63) is 47.7 Å². The van der Waals surface area contributed by atoms with Crippen LogP contribution in [0.15, 0.2) is 36.4 Å². The molecule has 0 saturated carbocycles. The first-order chi connectivity index (χ1) is 7.75. The molecule has 3 rings (SSSR count). The fourth-order valence-electron chi connectivity index (χ4n) is 1.80. The highest BCUT2D eigenvalue weighted by Crippen LogP contribution is 2.21. The molecule has 0 amide bonds. The molecule has 0 bridgehead atoms. The van der Waals surface area contributed by atoms with E-state index in [9.17, 15) is 9.59 Å². The van der Waals surface area contributed by atoms with Gasteiger partial charge in [0, 0.05) is 10.9 Å². The predicted molar refractivity (Wildman–Crippen MR) is 60.1 cm³/mol. The van der Waals surface area contributed by atoms with Gasteiger partial charge in [-0.05, 0) is 24.3 Å². The molecular formula is C13H7NO2. The molecule has 0 fully saturated rings. The molecule has 1 aliphatic carbocycles. The molecule has 0 unspecified atom stereocenters. The average molecular weight is 209 g/mol. The molecule has 0 radical (unpaired) electrons. The van der Waals surface area contributed by atoms with Crippen molar-refractivity contribution in [3.8, 4) is 0 Å². The highest BCUT2D eigenvalue weighted by atomic mass is 16.2. The van der Waals surface area contributed by atoms with Crippen molar-refractivity contribution in [2.24, 2.45) is 0 Å². The molecular weight excluding hydrogens is 202 g/mol. The molecule has 1 heterocycles. The smallest absolute Gasteiger partial charge is 0.251 e. The van der Waals surface area contributed by atoms with Gasteiger partial charge in [-0.2, -0.15) is 0 Å². The quantitative estimate of drug-likeness (QED) is 0.623. The summed E-state index contributed by atoms with van der Waals surface area (Å²) in [6.07, 6.45) is 2.93. The third kappa shape index (κ3) is 1.18. The normalized spacial score (nSPS) is 14.2. The van der Waals surface area contributed by atoms with Gasteiger partial charge in [-0.3, -0.25) is 9.59 Å². The van der Waals surface area contributed by atoms with E-state index in [0.717, 1.165) is 10.9 Å². The Hall–Kier alpha value is -2.29. The molecule has 1 aliphatic rings. The number of hydrogen-bond donors (Lipinski definition) is 0. The number of aromatic nitrogens is 1. The van der Waals surface area contributed by atoms with E-state index >= 15 is 0 Å². The second kappa shape index (κ2) is 3.10. The van der Waals surface area contributed by atoms with Crippen molar-refractivity contribution in [1.82, 2.24) is 4.98 Å². The first kappa shape index (κ1) is 8.97. The second-order valence-corrected chi connectivity index (χ2v) is 3.65. The Morgan fingerprint density at radius 2 is 1.81 bits per heavy atom. The fourth-order valence-corrected chi connectivity index (χ4v) is 1.80. The van der Waals surface area contributed by atoms with Crippen LogP contribution in [-0.4, -0.2) is 16.6 Å². The van der Waals surface area contributed by atoms with Crippen LogP contribution < -0.4 is 0 Å². The lowest BCUT2D eigenvalue weighted by Crippen LogP contribution is -2.17. The van der Waals surface area contributed by atoms with Crippen LogP contribution in [0.5, 0.6) is 0 Å². The van der Waals surface area contributed by atoms with Crippen LogP contribution in [-0.2, 0) is 4.79 Å². The Balaban J connectivity index is 2.37. The van der Waals surface area contributed by atoms with Gasteiger partial charge in [-0.1, -0.05) is 18.2 Å². The van der Waals surface area contributed by atoms with Gasteiger partial charge in [-0.25, -0.2) is 4.98 Å². The molecule has 3 nitrogen and oxygen atoms in total. The van der Waals surface area contributed by atoms with E-state index in [1.165, 1.54) is 6.08 Å². The van der Waals surface area contributed by atoms with Crippen LogP contribution in [0.25, 0.3) is 17.0 Å². The number of pyridine rings is 1. The van der Waals surface area contributed by atoms with E-state index in [4.69, 9.17) is 0 Å². The number of rotatable bonds is 0. The molecule has 2 aromatic rings. The number of nitrogens with zero attached hydrogens (tertiary/aromatic N) is 1. The highest BCUT2D eigenvalue weighted by molar-refractivity contribution is 6.49. The summed E-state index contributed by atoms with van der Waals surface area (Å²) in [4.78, 5) is 27.0. The zero-order chi connectivity index (χ0) is 11.1. The lowest BCUT2D eigenvalue weighted by molar-refractivity contribution is -0.111. The molecule has 0 N–H and O–H groups in total. The molecule has 3 heteroatoms. The molecule has 16 heavy (non-hydrogen) atoms. The van der Waals surface area contributed by atoms with Gasteiger partial charge in [0.2, 0.25) is 5.78 Å². The van der Waals surface area contributed by atoms with Crippen molar-refractivity contribution in [2.45, 2.75) is 0 Å². The Morgan fingerprint density at radius 1 is 1.00 bits per heavy atom. The highest BCUT2D eigenvalue weighted by Gasteiger charge is 2.22. The monoisotopic (exact) mass is 209 g/mol. The van der Waals surface area contributed by atoms with E-state index in [-0.39, 0.29) is 5.69 Å². The van der Waals surface area contributed by atoms with Crippen LogP contribution in [0, 0.1) is 0 Å². The Kier molecular flexibility index (Phi) is 1.74. The van der Waals surface area contributed by atoms with Crippen molar-refractivity contribution in [2.75, 3.05) is 0 Å². The van der Waals surface area contributed by atoms with Crippen LogP contribution in [0.1, 0.15) is 16.1 Å². The van der Waals surface area contributed by atoms with E-state index in [0.29, 0.717) is 5.56 Å². The number of allylic oxidation sites excluding steroid dienone is 1. The van der Waals surface area contributed by atoms with E-state index in [1.807, 2.05) is 30.3 Å². The molecule has 76 valence electrons. The number of para-hydroxylation sites is 1. The summed E-state index contributed by atoms with van der Waals surface area (Å²) < 4.78 is 0. The molecule has 0 atom stereocenters. The summed E-state index contributed by atoms with van der Waals surface area (Å²) >= 11 is 0. The summed E-state index contributed by atoms with van der Waals surface area (Å²) in [5, 5.41) is 0.966. The van der Waals surface area contributed by atoms with Crippen molar-refractivity contribution >= 4 is 28.5 Å². The molecule has 1 aromatic carbocycles. The Bertz CT molecular complexity index is 656. The number of carbonyl (C=O) groups excluding carboxylic acids is 2. The number of fused-ring (bicyclic) bond motifs is 2. The lowest BCUT2D eigenvalue weighted by atomic mass is 9.99. The minimum absolute atomic E-state index is 0.256. The standard InChI is InChI=1S/C13H7NO2/c15-11-6-5-9-7-8-3-1-2-4-10(8)14-12(9)13(11)16/h1-7H. The van der Waals surface area contributed by atoms with Crippen LogP contribution in [0.2, 0.25) is 0 Å². The van der Waals surface area contributed by atoms with E-state index in [2.05, 4.69) is 4.98 Å². The number of benzene rings is 1. The maximum atomic E-state index is 11.6. The van der Waals surface area contributed by atoms with Gasteiger partial charge in [0.1, 0.15) is 5.69 Å². The zero-order valence-electron chi connectivity index (χ0n) is 8.31. The maximum absolute atomic E-state index is 11.6. The van der Waals surface area contributed by atoms with Crippen molar-refractivity contribution in [1.29, 1.82) is 0 Å². The Morgan fingerprint density at radius 3 is 2.69 bits per heavy atom. The van der Waals surface area contributed by atoms with Crippen LogP contribution in [0.3, 0.4) is 0 Å². The molecule has 0 aliphatic heterocycles. The third-order valence-electron chi connectivity index (χ3n) is 2.61. The van der Waals surface area contributed by atoms with Gasteiger partial charge in [0.15, 0.2) is 0 Å². The van der Waals surface area contributed by atoms with E-state index in [1.54, 1.807) is 6.08 Å². The predicted octanol–water partition coefficient (Wildman–Crippen LogP) is 2.01. The average Bonchev–Trinajstić information content (AvgIpc) is 2.32. The van der Waals surface area contributed by atoms with Gasteiger partial charge in [0.05, 0.1) is 5.52 Å². The molecule has 0 saturated heterocycles. The third-order valence-corrected chi connectivity index (χ3v) is 2.61. The van der Waals surface area contributed by atoms with Crippen LogP contribution >= 0.6 is 0 Å². The minimum Gasteiger partial charge on any atom is -0.285 e. The SMILES string of the molecule is O=C1C=Cc2cc3ccccc3nc2C1=O. The number of carbonyl (C=O) groups is 2. The van der Waals surface area contributed by atoms with Crippen molar-refractivity contribution < 1.29 is 9.59 Å². The topological polar surface area (TPSA) is 47.0 Å². The van der Waals surface area contributed by atoms with Gasteiger partial charge < -0.3 is 0 Å². The second-order valence-electron chi connectivity index (χ2n) is 3.65. The maximum Gasteiger partial charge on any atom is 0.251 e. The number of ketones is 2. The van der Waals surface area contributed by atoms with Gasteiger partial charge in [0.25, 0.3) is 5.78 Å². The first-order valence-electron chi connectivity index (χ1n) is 4.92. The largest absolute Gasteiger partial charge is 0.285 e. The first-order valence-corrected chi connectivity index (χ1v) is 4.92. The summed E-state index contributed by atoms with van der Waals surface area (Å²) in [7, 11) is 0. The van der Waals surface area contributed by atoms with Crippen molar-refractivity contribution in [3.63, 3.8) is 0 Å². The lowest BCUT2D eigenvalue weighted by Gasteiger charge is -2.08. The minimum atomic E-state index is -0.525. The number of Topliss-reactive ketones (excluding diaryl/α,β-unsaturated/α-hetero) is 1. The summed E-state index contributed by atoms with van der Waals surface area (Å²) in [5.41, 5.74) is 1.70.